The van der Waals surface area contributed by atoms with E-state index in [2.05, 4.69) is 0 Å². The lowest BCUT2D eigenvalue weighted by Crippen LogP contribution is -2.20. The summed E-state index contributed by atoms with van der Waals surface area (Å²) in [7, 11) is 0. The van der Waals surface area contributed by atoms with Gasteiger partial charge in [0, 0.05) is 6.42 Å². The highest BCUT2D eigenvalue weighted by Gasteiger charge is 2.19. The van der Waals surface area contributed by atoms with E-state index in [9.17, 15) is 10.2 Å². The van der Waals surface area contributed by atoms with Crippen LogP contribution in [-0.4, -0.2) is 16.3 Å². The molecule has 0 unspecified atom stereocenters. The standard InChI is InChI=1S/C13H14O3/c14-12(9-11-7-4-8-16-11)13(15)10-5-2-1-3-6-10/h1-8,12-15H,9H2/t12-,13+/m0/s1. The Bertz CT molecular complexity index is 408. The van der Waals surface area contributed by atoms with Crippen molar-refractivity contribution >= 4 is 0 Å². The molecule has 1 aromatic heterocycles. The Morgan fingerprint density at radius 1 is 1.00 bits per heavy atom. The molecule has 2 aromatic rings. The maximum atomic E-state index is 9.90. The van der Waals surface area contributed by atoms with Crippen molar-refractivity contribution in [1.29, 1.82) is 0 Å². The highest BCUT2D eigenvalue weighted by molar-refractivity contribution is 5.18. The number of furan rings is 1. The Labute approximate surface area is 94.0 Å². The summed E-state index contributed by atoms with van der Waals surface area (Å²) in [5, 5.41) is 19.7. The van der Waals surface area contributed by atoms with Gasteiger partial charge in [-0.25, -0.2) is 0 Å². The molecule has 16 heavy (non-hydrogen) atoms. The zero-order valence-electron chi connectivity index (χ0n) is 8.78. The van der Waals surface area contributed by atoms with Crippen LogP contribution >= 0.6 is 0 Å². The normalized spacial score (nSPS) is 14.6. The Morgan fingerprint density at radius 2 is 1.75 bits per heavy atom. The predicted octanol–water partition coefficient (Wildman–Crippen LogP) is 1.92. The van der Waals surface area contributed by atoms with Gasteiger partial charge in [0.1, 0.15) is 11.9 Å². The largest absolute Gasteiger partial charge is 0.469 e. The third-order valence-electron chi connectivity index (χ3n) is 2.50. The zero-order chi connectivity index (χ0) is 11.4. The van der Waals surface area contributed by atoms with E-state index in [1.165, 1.54) is 0 Å². The summed E-state index contributed by atoms with van der Waals surface area (Å²) in [6.45, 7) is 0. The van der Waals surface area contributed by atoms with Crippen molar-refractivity contribution in [2.45, 2.75) is 18.6 Å². The van der Waals surface area contributed by atoms with Crippen molar-refractivity contribution in [3.8, 4) is 0 Å². The molecule has 3 nitrogen and oxygen atoms in total. The summed E-state index contributed by atoms with van der Waals surface area (Å²) in [4.78, 5) is 0. The quantitative estimate of drug-likeness (QED) is 0.824. The first-order valence-electron chi connectivity index (χ1n) is 5.21. The molecule has 2 N–H and O–H groups in total. The number of rotatable bonds is 4. The minimum Gasteiger partial charge on any atom is -0.469 e. The van der Waals surface area contributed by atoms with E-state index < -0.39 is 12.2 Å². The van der Waals surface area contributed by atoms with Crippen molar-refractivity contribution in [1.82, 2.24) is 0 Å². The Kier molecular flexibility index (Phi) is 3.39. The highest BCUT2D eigenvalue weighted by Crippen LogP contribution is 2.19. The first kappa shape index (κ1) is 10.9. The molecule has 0 aliphatic heterocycles. The second-order valence-corrected chi connectivity index (χ2v) is 3.71. The number of aliphatic hydroxyl groups excluding tert-OH is 2. The van der Waals surface area contributed by atoms with Crippen LogP contribution in [0.2, 0.25) is 0 Å². The molecule has 0 bridgehead atoms. The molecule has 2 rings (SSSR count). The molecule has 0 radical (unpaired) electrons. The summed E-state index contributed by atoms with van der Waals surface area (Å²) in [6.07, 6.45) is 0.125. The predicted molar refractivity (Wildman–Crippen MR) is 59.8 cm³/mol. The van der Waals surface area contributed by atoms with Crippen LogP contribution in [0.3, 0.4) is 0 Å². The van der Waals surface area contributed by atoms with Crippen LogP contribution in [0.15, 0.2) is 53.1 Å². The fraction of sp³-hybridized carbons (Fsp3) is 0.231. The van der Waals surface area contributed by atoms with Crippen LogP contribution in [-0.2, 0) is 6.42 Å². The molecular weight excluding hydrogens is 204 g/mol. The molecule has 1 aromatic carbocycles. The van der Waals surface area contributed by atoms with Gasteiger partial charge in [-0.05, 0) is 17.7 Å². The Hall–Kier alpha value is -1.58. The van der Waals surface area contributed by atoms with Gasteiger partial charge >= 0.3 is 0 Å². The molecule has 0 aliphatic carbocycles. The van der Waals surface area contributed by atoms with Crippen LogP contribution in [0.25, 0.3) is 0 Å². The van der Waals surface area contributed by atoms with E-state index in [1.54, 1.807) is 30.5 Å². The van der Waals surface area contributed by atoms with Crippen LogP contribution in [0.4, 0.5) is 0 Å². The summed E-state index contributed by atoms with van der Waals surface area (Å²) < 4.78 is 5.12. The van der Waals surface area contributed by atoms with Gasteiger partial charge in [0.15, 0.2) is 0 Å². The van der Waals surface area contributed by atoms with Gasteiger partial charge in [-0.15, -0.1) is 0 Å². The average Bonchev–Trinajstić information content (AvgIpc) is 2.82. The number of aliphatic hydroxyl groups is 2. The fourth-order valence-corrected chi connectivity index (χ4v) is 1.62. The first-order valence-corrected chi connectivity index (χ1v) is 5.21. The Morgan fingerprint density at radius 3 is 2.38 bits per heavy atom. The lowest BCUT2D eigenvalue weighted by Gasteiger charge is -2.16. The fourth-order valence-electron chi connectivity index (χ4n) is 1.62. The van der Waals surface area contributed by atoms with Crippen LogP contribution in [0.5, 0.6) is 0 Å². The van der Waals surface area contributed by atoms with Gasteiger partial charge < -0.3 is 14.6 Å². The SMILES string of the molecule is O[C@H](c1ccccc1)[C@@H](O)Cc1ccco1. The third-order valence-corrected chi connectivity index (χ3v) is 2.50. The van der Waals surface area contributed by atoms with E-state index in [0.717, 1.165) is 0 Å². The van der Waals surface area contributed by atoms with Crippen molar-refractivity contribution in [2.75, 3.05) is 0 Å². The maximum Gasteiger partial charge on any atom is 0.106 e. The third kappa shape index (κ3) is 2.51. The van der Waals surface area contributed by atoms with Gasteiger partial charge in [-0.1, -0.05) is 30.3 Å². The maximum absolute atomic E-state index is 9.90. The zero-order valence-corrected chi connectivity index (χ0v) is 8.78. The molecule has 0 fully saturated rings. The number of hydrogen-bond donors (Lipinski definition) is 2. The van der Waals surface area contributed by atoms with Crippen molar-refractivity contribution in [2.24, 2.45) is 0 Å². The molecule has 0 amide bonds. The lowest BCUT2D eigenvalue weighted by atomic mass is 10.0. The van der Waals surface area contributed by atoms with Crippen LogP contribution in [0, 0.1) is 0 Å². The van der Waals surface area contributed by atoms with Crippen molar-refractivity contribution in [3.63, 3.8) is 0 Å². The van der Waals surface area contributed by atoms with Crippen molar-refractivity contribution in [3.05, 3.63) is 60.1 Å². The van der Waals surface area contributed by atoms with E-state index in [1.807, 2.05) is 18.2 Å². The minimum absolute atomic E-state index is 0.309. The van der Waals surface area contributed by atoms with Gasteiger partial charge in [-0.3, -0.25) is 0 Å². The minimum atomic E-state index is -0.883. The molecular formula is C13H14O3. The smallest absolute Gasteiger partial charge is 0.106 e. The molecule has 1 heterocycles. The monoisotopic (exact) mass is 218 g/mol. The van der Waals surface area contributed by atoms with Crippen LogP contribution < -0.4 is 0 Å². The summed E-state index contributed by atoms with van der Waals surface area (Å²) in [5.41, 5.74) is 0.710. The van der Waals surface area contributed by atoms with E-state index >= 15 is 0 Å². The number of hydrogen-bond acceptors (Lipinski definition) is 3. The lowest BCUT2D eigenvalue weighted by molar-refractivity contribution is 0.0161. The Balaban J connectivity index is 2.02. The summed E-state index contributed by atoms with van der Waals surface area (Å²) in [5.74, 6) is 0.669. The van der Waals surface area contributed by atoms with E-state index in [0.29, 0.717) is 17.7 Å². The van der Waals surface area contributed by atoms with Crippen LogP contribution in [0.1, 0.15) is 17.4 Å². The van der Waals surface area contributed by atoms with Crippen molar-refractivity contribution < 1.29 is 14.6 Å². The van der Waals surface area contributed by atoms with Gasteiger partial charge in [0.2, 0.25) is 0 Å². The first-order chi connectivity index (χ1) is 7.77. The molecule has 3 heteroatoms. The van der Waals surface area contributed by atoms with Gasteiger partial charge in [-0.2, -0.15) is 0 Å². The van der Waals surface area contributed by atoms with Gasteiger partial charge in [0.05, 0.1) is 12.4 Å². The van der Waals surface area contributed by atoms with E-state index in [-0.39, 0.29) is 0 Å². The van der Waals surface area contributed by atoms with Gasteiger partial charge in [0.25, 0.3) is 0 Å². The second-order valence-electron chi connectivity index (χ2n) is 3.71. The average molecular weight is 218 g/mol. The molecule has 84 valence electrons. The number of benzene rings is 1. The molecule has 2 atom stereocenters. The second kappa shape index (κ2) is 4.96. The van der Waals surface area contributed by atoms with E-state index in [4.69, 9.17) is 4.42 Å². The molecule has 0 saturated heterocycles. The topological polar surface area (TPSA) is 53.6 Å². The summed E-state index contributed by atoms with van der Waals surface area (Å²) >= 11 is 0. The molecule has 0 spiro atoms. The molecule has 0 aliphatic rings. The highest BCUT2D eigenvalue weighted by atomic mass is 16.3. The summed E-state index contributed by atoms with van der Waals surface area (Å²) in [6, 6.07) is 12.6. The molecule has 0 saturated carbocycles.